The lowest BCUT2D eigenvalue weighted by Gasteiger charge is -2.26. The highest BCUT2D eigenvalue weighted by Crippen LogP contribution is 2.43. The molecule has 0 aliphatic heterocycles. The zero-order valence-electron chi connectivity index (χ0n) is 54.2. The predicted molar refractivity (Wildman–Crippen MR) is 359 cm³/mol. The Labute approximate surface area is 508 Å². The summed E-state index contributed by atoms with van der Waals surface area (Å²) in [7, 11) is 1.57. The SMILES string of the molecule is CC/C=C\C/C=C\C/C=C\C/C=C\C/C=C\C/C=C\C/C=C\C/C=C\C/C=C\CCCC(=O)NC(COP(=O)(O)OCC[N+](C)(C)C)C(O)CCCCCCCCCCCCCCCCCCCCCCCCCCCCCCCCC. The van der Waals surface area contributed by atoms with E-state index in [1.54, 1.807) is 0 Å². The first-order valence-corrected chi connectivity index (χ1v) is 35.7. The van der Waals surface area contributed by atoms with E-state index in [1.165, 1.54) is 180 Å². The third kappa shape index (κ3) is 64.7. The van der Waals surface area contributed by atoms with Crippen molar-refractivity contribution in [3.8, 4) is 0 Å². The van der Waals surface area contributed by atoms with Crippen LogP contribution in [0.4, 0.5) is 0 Å². The minimum absolute atomic E-state index is 0.0582. The lowest BCUT2D eigenvalue weighted by molar-refractivity contribution is -0.870. The van der Waals surface area contributed by atoms with Gasteiger partial charge in [0.05, 0.1) is 39.9 Å². The van der Waals surface area contributed by atoms with Crippen LogP contribution in [-0.2, 0) is 18.4 Å². The number of likely N-dealkylation sites (N-methyl/N-ethyl adjacent to an activating group) is 1. The summed E-state index contributed by atoms with van der Waals surface area (Å²) >= 11 is 0. The average Bonchev–Trinajstić information content (AvgIpc) is 3.47. The van der Waals surface area contributed by atoms with Crippen molar-refractivity contribution < 1.29 is 32.9 Å². The summed E-state index contributed by atoms with van der Waals surface area (Å²) in [5.74, 6) is -0.202. The zero-order valence-corrected chi connectivity index (χ0v) is 55.1. The van der Waals surface area contributed by atoms with E-state index in [1.807, 2.05) is 21.1 Å². The molecule has 3 atom stereocenters. The first-order valence-electron chi connectivity index (χ1n) is 34.3. The highest BCUT2D eigenvalue weighted by molar-refractivity contribution is 7.47. The standard InChI is InChI=1S/C73H131N2O6P/c1-6-8-10-12-14-16-18-20-22-24-26-28-30-32-34-36-37-39-40-42-44-46-48-50-52-54-56-58-60-62-64-66-72(76)71(70-81-82(78,79)80-69-68-75(3,4)5)74-73(77)67-65-63-61-59-57-55-53-51-49-47-45-43-41-38-35-33-31-29-27-25-23-21-19-17-15-13-11-9-7-2/h9,11,15,17,21,23,27,29,33,35,41,43,47,49,53,55,59,61,71-72,76H,6-8,10,12-14,16,18-20,22,24-26,28,30-32,34,36-40,42,44-46,48,50-52,54,56-58,60,62-70H2,1-5H3,(H-,74,77,78,79)/p+1/b11-9-,17-15-,23-21-,29-27-,35-33-,43-41-,49-47-,55-53-,61-59-. The van der Waals surface area contributed by atoms with Crippen LogP contribution in [0.3, 0.4) is 0 Å². The van der Waals surface area contributed by atoms with Gasteiger partial charge in [0.15, 0.2) is 0 Å². The lowest BCUT2D eigenvalue weighted by atomic mass is 10.0. The second-order valence-corrected chi connectivity index (χ2v) is 25.6. The fraction of sp³-hybridized carbons (Fsp3) is 0.740. The molecule has 8 nitrogen and oxygen atoms in total. The molecular weight excluding hydrogens is 1030 g/mol. The van der Waals surface area contributed by atoms with Gasteiger partial charge in [0, 0.05) is 6.42 Å². The molecule has 3 unspecified atom stereocenters. The molecule has 474 valence electrons. The summed E-state index contributed by atoms with van der Waals surface area (Å²) in [6, 6.07) is -0.802. The van der Waals surface area contributed by atoms with Gasteiger partial charge in [0.2, 0.25) is 5.91 Å². The van der Waals surface area contributed by atoms with Crippen molar-refractivity contribution in [2.75, 3.05) is 40.9 Å². The maximum Gasteiger partial charge on any atom is 0.472 e. The Bertz CT molecular complexity index is 1700. The number of allylic oxidation sites excluding steroid dienone is 18. The monoisotopic (exact) mass is 1160 g/mol. The molecule has 1 amide bonds. The molecule has 0 aliphatic carbocycles. The number of nitrogens with one attached hydrogen (secondary N) is 1. The number of quaternary nitrogens is 1. The summed E-state index contributed by atoms with van der Waals surface area (Å²) < 4.78 is 23.8. The van der Waals surface area contributed by atoms with Crippen LogP contribution in [-0.4, -0.2) is 73.4 Å². The molecule has 0 saturated heterocycles. The highest BCUT2D eigenvalue weighted by Gasteiger charge is 2.28. The van der Waals surface area contributed by atoms with E-state index in [2.05, 4.69) is 129 Å². The van der Waals surface area contributed by atoms with Gasteiger partial charge in [-0.2, -0.15) is 0 Å². The van der Waals surface area contributed by atoms with Crippen LogP contribution in [0.25, 0.3) is 0 Å². The molecule has 0 aromatic carbocycles. The number of carbonyl (C=O) groups excluding carboxylic acids is 1. The van der Waals surface area contributed by atoms with Crippen molar-refractivity contribution >= 4 is 13.7 Å². The molecule has 0 rings (SSSR count). The summed E-state index contributed by atoms with van der Waals surface area (Å²) in [5.41, 5.74) is 0. The quantitative estimate of drug-likeness (QED) is 0.0243. The van der Waals surface area contributed by atoms with Gasteiger partial charge in [-0.1, -0.05) is 322 Å². The summed E-state index contributed by atoms with van der Waals surface area (Å²) in [6.45, 7) is 4.75. The second kappa shape index (κ2) is 62.7. The van der Waals surface area contributed by atoms with Crippen molar-refractivity contribution in [1.29, 1.82) is 0 Å². The van der Waals surface area contributed by atoms with Crippen LogP contribution in [0.2, 0.25) is 0 Å². The smallest absolute Gasteiger partial charge is 0.391 e. The van der Waals surface area contributed by atoms with E-state index in [0.717, 1.165) is 83.5 Å². The number of amides is 1. The molecule has 0 radical (unpaired) electrons. The van der Waals surface area contributed by atoms with E-state index in [4.69, 9.17) is 9.05 Å². The number of phosphoric ester groups is 1. The maximum atomic E-state index is 13.0. The Kier molecular flexibility index (Phi) is 60.5. The van der Waals surface area contributed by atoms with Crippen molar-refractivity contribution in [3.63, 3.8) is 0 Å². The van der Waals surface area contributed by atoms with Gasteiger partial charge in [-0.3, -0.25) is 13.8 Å². The molecule has 0 spiro atoms. The van der Waals surface area contributed by atoms with Gasteiger partial charge >= 0.3 is 7.82 Å². The number of hydrogen-bond acceptors (Lipinski definition) is 5. The molecule has 0 aromatic rings. The summed E-state index contributed by atoms with van der Waals surface area (Å²) in [5, 5.41) is 14.1. The second-order valence-electron chi connectivity index (χ2n) is 24.2. The van der Waals surface area contributed by atoms with Gasteiger partial charge < -0.3 is 19.8 Å². The molecule has 9 heteroatoms. The molecule has 3 N–H and O–H groups in total. The van der Waals surface area contributed by atoms with E-state index in [0.29, 0.717) is 30.3 Å². The van der Waals surface area contributed by atoms with Crippen molar-refractivity contribution in [3.05, 3.63) is 109 Å². The van der Waals surface area contributed by atoms with Crippen LogP contribution in [0.5, 0.6) is 0 Å². The Hall–Kier alpha value is -2.84. The summed E-state index contributed by atoms with van der Waals surface area (Å²) in [4.78, 5) is 23.4. The molecule has 82 heavy (non-hydrogen) atoms. The van der Waals surface area contributed by atoms with Crippen molar-refractivity contribution in [2.24, 2.45) is 0 Å². The highest BCUT2D eigenvalue weighted by atomic mass is 31.2. The van der Waals surface area contributed by atoms with Crippen LogP contribution in [0, 0.1) is 0 Å². The molecule has 0 saturated carbocycles. The summed E-state index contributed by atoms with van der Waals surface area (Å²) in [6.07, 6.45) is 92.0. The third-order valence-electron chi connectivity index (χ3n) is 15.0. The van der Waals surface area contributed by atoms with Crippen molar-refractivity contribution in [2.45, 2.75) is 309 Å². The van der Waals surface area contributed by atoms with Crippen LogP contribution in [0.1, 0.15) is 296 Å². The van der Waals surface area contributed by atoms with E-state index < -0.39 is 20.0 Å². The fourth-order valence-corrected chi connectivity index (χ4v) is 10.5. The van der Waals surface area contributed by atoms with E-state index in [-0.39, 0.29) is 19.1 Å². The van der Waals surface area contributed by atoms with Gasteiger partial charge in [0.1, 0.15) is 13.2 Å². The zero-order chi connectivity index (χ0) is 59.8. The number of aliphatic hydroxyl groups excluding tert-OH is 1. The van der Waals surface area contributed by atoms with Crippen LogP contribution >= 0.6 is 7.82 Å². The molecule has 0 bridgehead atoms. The maximum absolute atomic E-state index is 13.0. The number of nitrogens with zero attached hydrogens (tertiary/aromatic N) is 1. The Morgan fingerprint density at radius 2 is 0.720 bits per heavy atom. The van der Waals surface area contributed by atoms with Gasteiger partial charge in [-0.25, -0.2) is 4.57 Å². The normalized spacial score (nSPS) is 14.4. The predicted octanol–water partition coefficient (Wildman–Crippen LogP) is 21.9. The minimum atomic E-state index is -4.35. The van der Waals surface area contributed by atoms with Crippen LogP contribution in [0.15, 0.2) is 109 Å². The number of hydrogen-bond donors (Lipinski definition) is 3. The number of aliphatic hydroxyl groups is 1. The van der Waals surface area contributed by atoms with Gasteiger partial charge in [-0.05, 0) is 77.0 Å². The average molecular weight is 1160 g/mol. The Morgan fingerprint density at radius 1 is 0.427 bits per heavy atom. The lowest BCUT2D eigenvalue weighted by Crippen LogP contribution is -2.46. The third-order valence-corrected chi connectivity index (χ3v) is 16.0. The molecular formula is C73H132N2O6P+. The number of carbonyl (C=O) groups is 1. The Balaban J connectivity index is 4.18. The number of unbranched alkanes of at least 4 members (excludes halogenated alkanes) is 31. The van der Waals surface area contributed by atoms with Gasteiger partial charge in [0.25, 0.3) is 0 Å². The molecule has 0 aromatic heterocycles. The van der Waals surface area contributed by atoms with E-state index in [9.17, 15) is 19.4 Å². The van der Waals surface area contributed by atoms with Crippen LogP contribution < -0.4 is 5.32 Å². The van der Waals surface area contributed by atoms with E-state index >= 15 is 0 Å². The van der Waals surface area contributed by atoms with Gasteiger partial charge in [-0.15, -0.1) is 0 Å². The number of phosphoric acid groups is 1. The topological polar surface area (TPSA) is 105 Å². The largest absolute Gasteiger partial charge is 0.472 e. The fourth-order valence-electron chi connectivity index (χ4n) is 9.76. The number of rotatable bonds is 62. The van der Waals surface area contributed by atoms with Crippen molar-refractivity contribution in [1.82, 2.24) is 5.32 Å². The minimum Gasteiger partial charge on any atom is -0.391 e. The first kappa shape index (κ1) is 79.2. The Morgan fingerprint density at radius 3 is 1.02 bits per heavy atom. The molecule has 0 aliphatic rings. The molecule has 0 fully saturated rings. The first-order chi connectivity index (χ1) is 40.0. The molecule has 0 heterocycles.